The molecule has 1 N–H and O–H groups in total. The molecule has 0 spiro atoms. The van der Waals surface area contributed by atoms with Gasteiger partial charge in [0.15, 0.2) is 6.61 Å². The first kappa shape index (κ1) is 20.9. The molecule has 1 heterocycles. The Labute approximate surface area is 173 Å². The maximum atomic E-state index is 12.5. The van der Waals surface area contributed by atoms with Gasteiger partial charge in [-0.05, 0) is 38.1 Å². The third-order valence-electron chi connectivity index (χ3n) is 4.38. The molecule has 0 atom stereocenters. The van der Waals surface area contributed by atoms with E-state index in [1.54, 1.807) is 55.5 Å². The van der Waals surface area contributed by atoms with E-state index in [0.717, 1.165) is 11.3 Å². The fourth-order valence-corrected chi connectivity index (χ4v) is 2.76. The van der Waals surface area contributed by atoms with Gasteiger partial charge in [0.25, 0.3) is 5.91 Å². The van der Waals surface area contributed by atoms with E-state index in [4.69, 9.17) is 18.7 Å². The number of ether oxygens (including phenoxy) is 3. The number of aryl methyl sites for hydroxylation is 2. The van der Waals surface area contributed by atoms with Gasteiger partial charge in [-0.15, -0.1) is 0 Å². The molecule has 0 bridgehead atoms. The zero-order chi connectivity index (χ0) is 21.5. The third kappa shape index (κ3) is 4.96. The fourth-order valence-electron chi connectivity index (χ4n) is 2.76. The van der Waals surface area contributed by atoms with Crippen molar-refractivity contribution in [1.29, 1.82) is 0 Å². The van der Waals surface area contributed by atoms with Crippen LogP contribution >= 0.6 is 0 Å². The maximum Gasteiger partial charge on any atom is 0.342 e. The number of benzene rings is 2. The molecule has 0 aliphatic rings. The van der Waals surface area contributed by atoms with Crippen LogP contribution in [0.3, 0.4) is 0 Å². The van der Waals surface area contributed by atoms with Crippen molar-refractivity contribution in [2.24, 2.45) is 0 Å². The molecule has 8 heteroatoms. The molecule has 0 aliphatic heterocycles. The van der Waals surface area contributed by atoms with Crippen LogP contribution in [0, 0.1) is 13.8 Å². The van der Waals surface area contributed by atoms with Crippen LogP contribution in [0.4, 0.5) is 5.69 Å². The van der Waals surface area contributed by atoms with E-state index in [-0.39, 0.29) is 12.2 Å². The van der Waals surface area contributed by atoms with Crippen molar-refractivity contribution in [2.45, 2.75) is 20.5 Å². The number of amides is 1. The lowest BCUT2D eigenvalue weighted by Gasteiger charge is -2.12. The molecule has 1 aromatic heterocycles. The van der Waals surface area contributed by atoms with E-state index in [1.165, 1.54) is 7.11 Å². The Kier molecular flexibility index (Phi) is 6.69. The van der Waals surface area contributed by atoms with Crippen molar-refractivity contribution >= 4 is 17.6 Å². The van der Waals surface area contributed by atoms with E-state index in [0.29, 0.717) is 22.9 Å². The van der Waals surface area contributed by atoms with Gasteiger partial charge >= 0.3 is 5.97 Å². The van der Waals surface area contributed by atoms with Crippen LogP contribution in [-0.2, 0) is 16.1 Å². The first-order valence-corrected chi connectivity index (χ1v) is 9.23. The van der Waals surface area contributed by atoms with Gasteiger partial charge in [-0.1, -0.05) is 29.4 Å². The first-order valence-electron chi connectivity index (χ1n) is 9.23. The van der Waals surface area contributed by atoms with Gasteiger partial charge in [-0.25, -0.2) is 4.79 Å². The number of para-hydroxylation sites is 3. The van der Waals surface area contributed by atoms with Gasteiger partial charge < -0.3 is 24.1 Å². The monoisotopic (exact) mass is 410 g/mol. The van der Waals surface area contributed by atoms with Gasteiger partial charge in [-0.3, -0.25) is 4.79 Å². The highest BCUT2D eigenvalue weighted by Gasteiger charge is 2.17. The number of hydrogen-bond donors (Lipinski definition) is 1. The number of nitrogens with one attached hydrogen (secondary N) is 1. The number of anilines is 1. The molecule has 0 aliphatic carbocycles. The minimum Gasteiger partial charge on any atom is -0.495 e. The Hall–Kier alpha value is -3.81. The summed E-state index contributed by atoms with van der Waals surface area (Å²) in [5.41, 5.74) is 2.24. The molecule has 3 aromatic rings. The number of rotatable bonds is 8. The Balaban J connectivity index is 1.61. The fraction of sp³-hybridized carbons (Fsp3) is 0.227. The van der Waals surface area contributed by atoms with Crippen molar-refractivity contribution in [2.75, 3.05) is 19.0 Å². The van der Waals surface area contributed by atoms with Crippen molar-refractivity contribution < 1.29 is 28.3 Å². The first-order chi connectivity index (χ1) is 14.5. The van der Waals surface area contributed by atoms with Crippen molar-refractivity contribution in [3.63, 3.8) is 0 Å². The predicted octanol–water partition coefficient (Wildman–Crippen LogP) is 3.67. The molecular weight excluding hydrogens is 388 g/mol. The lowest BCUT2D eigenvalue weighted by molar-refractivity contribution is -0.119. The predicted molar refractivity (Wildman–Crippen MR) is 109 cm³/mol. The van der Waals surface area contributed by atoms with Crippen LogP contribution in [0.1, 0.15) is 27.4 Å². The van der Waals surface area contributed by atoms with Crippen LogP contribution in [0.2, 0.25) is 0 Å². The lowest BCUT2D eigenvalue weighted by atomic mass is 10.2. The average Bonchev–Trinajstić information content (AvgIpc) is 3.08. The van der Waals surface area contributed by atoms with E-state index in [2.05, 4.69) is 10.5 Å². The number of nitrogens with zero attached hydrogens (tertiary/aromatic N) is 1. The minimum absolute atomic E-state index is 0.194. The quantitative estimate of drug-likeness (QED) is 0.566. The maximum absolute atomic E-state index is 12.5. The third-order valence-corrected chi connectivity index (χ3v) is 4.38. The Morgan fingerprint density at radius 2 is 1.73 bits per heavy atom. The SMILES string of the molecule is COc1ccccc1NC(=O)COC(=O)c1ccccc1OCc1c(C)noc1C. The summed E-state index contributed by atoms with van der Waals surface area (Å²) < 4.78 is 21.2. The van der Waals surface area contributed by atoms with Crippen LogP contribution in [0.5, 0.6) is 11.5 Å². The molecule has 30 heavy (non-hydrogen) atoms. The molecule has 0 radical (unpaired) electrons. The van der Waals surface area contributed by atoms with E-state index < -0.39 is 18.5 Å². The topological polar surface area (TPSA) is 99.9 Å². The molecule has 2 aromatic carbocycles. The summed E-state index contributed by atoms with van der Waals surface area (Å²) in [6.07, 6.45) is 0. The van der Waals surface area contributed by atoms with Crippen molar-refractivity contribution in [1.82, 2.24) is 5.16 Å². The summed E-state index contributed by atoms with van der Waals surface area (Å²) in [5, 5.41) is 6.53. The summed E-state index contributed by atoms with van der Waals surface area (Å²) in [5.74, 6) is 0.352. The molecule has 156 valence electrons. The zero-order valence-electron chi connectivity index (χ0n) is 16.9. The molecule has 0 saturated heterocycles. The zero-order valence-corrected chi connectivity index (χ0v) is 16.9. The van der Waals surface area contributed by atoms with Gasteiger partial charge in [0, 0.05) is 0 Å². The Bertz CT molecular complexity index is 1020. The number of aromatic nitrogens is 1. The number of carbonyl (C=O) groups is 2. The Morgan fingerprint density at radius 3 is 2.43 bits per heavy atom. The van der Waals surface area contributed by atoms with Crippen LogP contribution in [0.25, 0.3) is 0 Å². The standard InChI is InChI=1S/C22H22N2O6/c1-14-17(15(2)30-24-14)12-28-19-10-6-4-8-16(19)22(26)29-13-21(25)23-18-9-5-7-11-20(18)27-3/h4-11H,12-13H2,1-3H3,(H,23,25). The normalized spacial score (nSPS) is 10.4. The van der Waals surface area contributed by atoms with Gasteiger partial charge in [-0.2, -0.15) is 0 Å². The van der Waals surface area contributed by atoms with E-state index in [1.807, 2.05) is 6.92 Å². The van der Waals surface area contributed by atoms with Gasteiger partial charge in [0.05, 0.1) is 24.1 Å². The molecule has 0 saturated carbocycles. The van der Waals surface area contributed by atoms with Gasteiger partial charge in [0.1, 0.15) is 29.4 Å². The van der Waals surface area contributed by atoms with Crippen LogP contribution in [0.15, 0.2) is 53.1 Å². The smallest absolute Gasteiger partial charge is 0.342 e. The second-order valence-electron chi connectivity index (χ2n) is 6.41. The highest BCUT2D eigenvalue weighted by atomic mass is 16.5. The summed E-state index contributed by atoms with van der Waals surface area (Å²) >= 11 is 0. The lowest BCUT2D eigenvalue weighted by Crippen LogP contribution is -2.21. The van der Waals surface area contributed by atoms with Crippen LogP contribution in [-0.4, -0.2) is 30.7 Å². The van der Waals surface area contributed by atoms with E-state index >= 15 is 0 Å². The number of carbonyl (C=O) groups excluding carboxylic acids is 2. The second kappa shape index (κ2) is 9.60. The summed E-state index contributed by atoms with van der Waals surface area (Å²) in [6, 6.07) is 13.6. The van der Waals surface area contributed by atoms with Crippen LogP contribution < -0.4 is 14.8 Å². The van der Waals surface area contributed by atoms with Crippen molar-refractivity contribution in [3.8, 4) is 11.5 Å². The number of methoxy groups -OCH3 is 1. The second-order valence-corrected chi connectivity index (χ2v) is 6.41. The summed E-state index contributed by atoms with van der Waals surface area (Å²) in [7, 11) is 1.50. The minimum atomic E-state index is -0.667. The highest BCUT2D eigenvalue weighted by Crippen LogP contribution is 2.24. The summed E-state index contributed by atoms with van der Waals surface area (Å²) in [4.78, 5) is 24.7. The van der Waals surface area contributed by atoms with Crippen molar-refractivity contribution in [3.05, 3.63) is 71.1 Å². The Morgan fingerprint density at radius 1 is 1.03 bits per heavy atom. The van der Waals surface area contributed by atoms with Gasteiger partial charge in [0.2, 0.25) is 0 Å². The molecule has 0 fully saturated rings. The molecule has 0 unspecified atom stereocenters. The molecule has 8 nitrogen and oxygen atoms in total. The largest absolute Gasteiger partial charge is 0.495 e. The highest BCUT2D eigenvalue weighted by molar-refractivity contribution is 5.97. The molecular formula is C22H22N2O6. The summed E-state index contributed by atoms with van der Waals surface area (Å²) in [6.45, 7) is 3.35. The average molecular weight is 410 g/mol. The number of esters is 1. The molecule has 1 amide bonds. The number of hydrogen-bond acceptors (Lipinski definition) is 7. The molecule has 3 rings (SSSR count). The van der Waals surface area contributed by atoms with E-state index in [9.17, 15) is 9.59 Å².